The van der Waals surface area contributed by atoms with Gasteiger partial charge in [-0.2, -0.15) is 0 Å². The minimum atomic E-state index is -1.29. The Bertz CT molecular complexity index is 1170. The van der Waals surface area contributed by atoms with Crippen molar-refractivity contribution in [2.75, 3.05) is 11.5 Å². The zero-order valence-corrected chi connectivity index (χ0v) is 16.8. The van der Waals surface area contributed by atoms with E-state index in [1.165, 1.54) is 24.3 Å². The molecule has 0 saturated carbocycles. The molecule has 0 radical (unpaired) electrons. The number of benzene rings is 2. The summed E-state index contributed by atoms with van der Waals surface area (Å²) in [6.07, 6.45) is 0.0370. The number of hydrogen-bond acceptors (Lipinski definition) is 7. The Labute approximate surface area is 177 Å². The van der Waals surface area contributed by atoms with Crippen molar-refractivity contribution in [2.45, 2.75) is 25.4 Å². The third kappa shape index (κ3) is 4.73. The van der Waals surface area contributed by atoms with Crippen molar-refractivity contribution >= 4 is 28.5 Å². The molecule has 1 aromatic heterocycles. The van der Waals surface area contributed by atoms with E-state index in [2.05, 4.69) is 0 Å². The Morgan fingerprint density at radius 3 is 2.42 bits per heavy atom. The van der Waals surface area contributed by atoms with E-state index in [9.17, 15) is 24.6 Å². The number of aliphatic hydroxyl groups excluding tert-OH is 1. The minimum Gasteiger partial charge on any atom is -0.508 e. The summed E-state index contributed by atoms with van der Waals surface area (Å²) in [5.41, 5.74) is 12.6. The van der Waals surface area contributed by atoms with Gasteiger partial charge in [0.15, 0.2) is 0 Å². The number of nitrogens with zero attached hydrogens (tertiary/aromatic N) is 1. The predicted molar refractivity (Wildman–Crippen MR) is 115 cm³/mol. The van der Waals surface area contributed by atoms with E-state index in [4.69, 9.17) is 15.9 Å². The first-order chi connectivity index (χ1) is 14.7. The number of amides is 2. The number of phenolic OH excluding ortho intramolecular Hbond substituents is 1. The number of rotatable bonds is 7. The summed E-state index contributed by atoms with van der Waals surface area (Å²) in [5, 5.41) is 19.6. The maximum absolute atomic E-state index is 13.0. The molecule has 9 heteroatoms. The third-order valence-corrected chi connectivity index (χ3v) is 4.97. The maximum Gasteiger partial charge on any atom is 0.336 e. The Kier molecular flexibility index (Phi) is 6.38. The van der Waals surface area contributed by atoms with Crippen LogP contribution in [-0.2, 0) is 16.0 Å². The smallest absolute Gasteiger partial charge is 0.336 e. The fourth-order valence-electron chi connectivity index (χ4n) is 3.36. The zero-order chi connectivity index (χ0) is 22.7. The van der Waals surface area contributed by atoms with Crippen molar-refractivity contribution in [1.29, 1.82) is 0 Å². The number of fused-ring (bicyclic) bond motifs is 1. The summed E-state index contributed by atoms with van der Waals surface area (Å²) < 4.78 is 5.25. The van der Waals surface area contributed by atoms with E-state index in [1.54, 1.807) is 31.2 Å². The van der Waals surface area contributed by atoms with Crippen molar-refractivity contribution in [3.8, 4) is 5.75 Å². The number of nitrogens with two attached hydrogens (primary N) is 2. The summed E-state index contributed by atoms with van der Waals surface area (Å²) >= 11 is 0. The van der Waals surface area contributed by atoms with Gasteiger partial charge in [0.05, 0.1) is 6.61 Å². The molecule has 0 spiro atoms. The molecule has 0 aliphatic rings. The molecular formula is C22H23N3O6. The molecular weight excluding hydrogens is 402 g/mol. The van der Waals surface area contributed by atoms with Gasteiger partial charge in [-0.05, 0) is 42.3 Å². The van der Waals surface area contributed by atoms with Crippen LogP contribution >= 0.6 is 0 Å². The highest BCUT2D eigenvalue weighted by Crippen LogP contribution is 2.27. The number of hydrogen-bond donors (Lipinski definition) is 4. The molecule has 0 bridgehead atoms. The number of carbonyl (C=O) groups excluding carboxylic acids is 2. The number of aliphatic hydroxyl groups is 1. The van der Waals surface area contributed by atoms with Gasteiger partial charge in [0.25, 0.3) is 0 Å². The van der Waals surface area contributed by atoms with Gasteiger partial charge in [-0.3, -0.25) is 14.5 Å². The highest BCUT2D eigenvalue weighted by atomic mass is 16.4. The highest BCUT2D eigenvalue weighted by molar-refractivity contribution is 6.04. The van der Waals surface area contributed by atoms with E-state index in [0.29, 0.717) is 16.5 Å². The normalized spacial score (nSPS) is 13.0. The fraction of sp³-hybridized carbons (Fsp3) is 0.227. The second kappa shape index (κ2) is 8.99. The lowest BCUT2D eigenvalue weighted by Gasteiger charge is -2.31. The van der Waals surface area contributed by atoms with Crippen molar-refractivity contribution in [1.82, 2.24) is 0 Å². The standard InChI is InChI=1S/C22H23N3O6/c1-12-8-20(28)31-19-10-14(4-7-16(12)19)25(22(30)17(23)11-26)18(21(24)29)9-13-2-5-15(27)6-3-13/h2-8,10,17-18,26-27H,9,11,23H2,1H3,(H2,24,29). The first-order valence-corrected chi connectivity index (χ1v) is 9.52. The average Bonchev–Trinajstić information content (AvgIpc) is 2.73. The molecule has 0 saturated heterocycles. The molecule has 3 rings (SSSR count). The molecule has 0 aliphatic heterocycles. The van der Waals surface area contributed by atoms with Crippen molar-refractivity contribution < 1.29 is 24.2 Å². The van der Waals surface area contributed by atoms with Crippen molar-refractivity contribution in [2.24, 2.45) is 11.5 Å². The Morgan fingerprint density at radius 1 is 1.13 bits per heavy atom. The SMILES string of the molecule is Cc1cc(=O)oc2cc(N(C(=O)C(N)CO)C(Cc3ccc(O)cc3)C(N)=O)ccc12. The van der Waals surface area contributed by atoms with Crippen LogP contribution in [0.3, 0.4) is 0 Å². The van der Waals surface area contributed by atoms with Gasteiger partial charge in [-0.1, -0.05) is 12.1 Å². The fourth-order valence-corrected chi connectivity index (χ4v) is 3.36. The van der Waals surface area contributed by atoms with Gasteiger partial charge in [0.1, 0.15) is 23.4 Å². The Morgan fingerprint density at radius 2 is 1.81 bits per heavy atom. The number of aromatic hydroxyl groups is 1. The number of anilines is 1. The van der Waals surface area contributed by atoms with E-state index in [1.807, 2.05) is 0 Å². The van der Waals surface area contributed by atoms with Crippen molar-refractivity contribution in [3.05, 3.63) is 70.1 Å². The van der Waals surface area contributed by atoms with Crippen LogP contribution in [0.4, 0.5) is 5.69 Å². The first-order valence-electron chi connectivity index (χ1n) is 9.52. The van der Waals surface area contributed by atoms with Crippen LogP contribution in [0.15, 0.2) is 57.7 Å². The lowest BCUT2D eigenvalue weighted by molar-refractivity contribution is -0.125. The van der Waals surface area contributed by atoms with E-state index in [0.717, 1.165) is 4.90 Å². The first kappa shape index (κ1) is 22.0. The van der Waals surface area contributed by atoms with Crippen LogP contribution in [-0.4, -0.2) is 40.7 Å². The Balaban J connectivity index is 2.13. The maximum atomic E-state index is 13.0. The summed E-state index contributed by atoms with van der Waals surface area (Å²) in [7, 11) is 0. The van der Waals surface area contributed by atoms with Gasteiger partial charge < -0.3 is 26.1 Å². The lowest BCUT2D eigenvalue weighted by Crippen LogP contribution is -2.55. The van der Waals surface area contributed by atoms with Gasteiger partial charge >= 0.3 is 5.63 Å². The summed E-state index contributed by atoms with van der Waals surface area (Å²) in [6.45, 7) is 1.11. The van der Waals surface area contributed by atoms with E-state index < -0.39 is 36.1 Å². The van der Waals surface area contributed by atoms with Gasteiger partial charge in [-0.25, -0.2) is 4.79 Å². The minimum absolute atomic E-state index is 0.0370. The van der Waals surface area contributed by atoms with Crippen LogP contribution in [0.5, 0.6) is 5.75 Å². The zero-order valence-electron chi connectivity index (χ0n) is 16.8. The van der Waals surface area contributed by atoms with Crippen LogP contribution in [0.2, 0.25) is 0 Å². The predicted octanol–water partition coefficient (Wildman–Crippen LogP) is 0.556. The second-order valence-corrected chi connectivity index (χ2v) is 7.21. The highest BCUT2D eigenvalue weighted by Gasteiger charge is 2.33. The molecule has 2 atom stereocenters. The number of primary amides is 1. The summed E-state index contributed by atoms with van der Waals surface area (Å²) in [5.74, 6) is -1.47. The van der Waals surface area contributed by atoms with E-state index in [-0.39, 0.29) is 23.4 Å². The lowest BCUT2D eigenvalue weighted by atomic mass is 10.0. The van der Waals surface area contributed by atoms with E-state index >= 15 is 0 Å². The molecule has 1 heterocycles. The largest absolute Gasteiger partial charge is 0.508 e. The molecule has 6 N–H and O–H groups in total. The number of phenols is 1. The number of aryl methyl sites for hydroxylation is 1. The molecule has 31 heavy (non-hydrogen) atoms. The monoisotopic (exact) mass is 425 g/mol. The average molecular weight is 425 g/mol. The summed E-state index contributed by atoms with van der Waals surface area (Å²) in [6, 6.07) is 9.72. The quantitative estimate of drug-likeness (QED) is 0.402. The molecule has 0 fully saturated rings. The Hall–Kier alpha value is -3.69. The second-order valence-electron chi connectivity index (χ2n) is 7.21. The van der Waals surface area contributed by atoms with Crippen LogP contribution in [0.1, 0.15) is 11.1 Å². The molecule has 9 nitrogen and oxygen atoms in total. The third-order valence-electron chi connectivity index (χ3n) is 4.97. The molecule has 3 aromatic rings. The molecule has 0 aliphatic carbocycles. The topological polar surface area (TPSA) is 160 Å². The van der Waals surface area contributed by atoms with Crippen LogP contribution in [0.25, 0.3) is 11.0 Å². The van der Waals surface area contributed by atoms with Crippen molar-refractivity contribution in [3.63, 3.8) is 0 Å². The molecule has 162 valence electrons. The molecule has 2 unspecified atom stereocenters. The molecule has 2 aromatic carbocycles. The van der Waals surface area contributed by atoms with Crippen LogP contribution < -0.4 is 22.0 Å². The van der Waals surface area contributed by atoms with Gasteiger partial charge in [0.2, 0.25) is 11.8 Å². The van der Waals surface area contributed by atoms with Gasteiger partial charge in [0, 0.05) is 29.6 Å². The summed E-state index contributed by atoms with van der Waals surface area (Å²) in [4.78, 5) is 38.3. The van der Waals surface area contributed by atoms with Crippen LogP contribution in [0, 0.1) is 6.92 Å². The molecule has 2 amide bonds. The van der Waals surface area contributed by atoms with Gasteiger partial charge in [-0.15, -0.1) is 0 Å². The number of carbonyl (C=O) groups is 2.